The minimum Gasteiger partial charge on any atom is -0.410 e. The molecule has 3 heteroatoms. The Bertz CT molecular complexity index is 355. The third-order valence-electron chi connectivity index (χ3n) is 2.58. The fraction of sp³-hybridized carbons (Fsp3) is 0.533. The van der Waals surface area contributed by atoms with Gasteiger partial charge in [-0.3, -0.25) is 0 Å². The van der Waals surface area contributed by atoms with Crippen LogP contribution in [-0.2, 0) is 0 Å². The number of hydrogen-bond donors (Lipinski definition) is 1. The van der Waals surface area contributed by atoms with Crippen molar-refractivity contribution in [2.24, 2.45) is 5.41 Å². The number of nitrogens with one attached hydrogen (secondary N) is 1. The van der Waals surface area contributed by atoms with E-state index in [2.05, 4.69) is 26.1 Å². The van der Waals surface area contributed by atoms with E-state index >= 15 is 0 Å². The van der Waals surface area contributed by atoms with Gasteiger partial charge in [-0.15, -0.1) is 0 Å². The molecule has 0 fully saturated rings. The summed E-state index contributed by atoms with van der Waals surface area (Å²) < 4.78 is 5.11. The number of carbonyl (C=O) groups is 1. The van der Waals surface area contributed by atoms with E-state index in [1.807, 2.05) is 18.2 Å². The first-order chi connectivity index (χ1) is 8.47. The van der Waals surface area contributed by atoms with Crippen LogP contribution in [0.5, 0.6) is 5.75 Å². The Morgan fingerprint density at radius 2 is 1.83 bits per heavy atom. The van der Waals surface area contributed by atoms with Crippen molar-refractivity contribution in [3.8, 4) is 5.75 Å². The Balaban J connectivity index is 2.11. The third kappa shape index (κ3) is 6.94. The summed E-state index contributed by atoms with van der Waals surface area (Å²) >= 11 is 0. The fourth-order valence-electron chi connectivity index (χ4n) is 1.60. The third-order valence-corrected chi connectivity index (χ3v) is 2.58. The summed E-state index contributed by atoms with van der Waals surface area (Å²) in [5.74, 6) is 0.574. The van der Waals surface area contributed by atoms with Crippen molar-refractivity contribution in [3.05, 3.63) is 30.3 Å². The average Bonchev–Trinajstić information content (AvgIpc) is 2.28. The maximum absolute atomic E-state index is 11.4. The summed E-state index contributed by atoms with van der Waals surface area (Å²) in [6.07, 6.45) is 2.90. The predicted octanol–water partition coefficient (Wildman–Crippen LogP) is 3.99. The van der Waals surface area contributed by atoms with Gasteiger partial charge >= 0.3 is 6.09 Å². The Morgan fingerprint density at radius 3 is 2.44 bits per heavy atom. The van der Waals surface area contributed by atoms with Crippen LogP contribution in [0, 0.1) is 5.41 Å². The molecule has 0 aliphatic rings. The minimum atomic E-state index is -0.378. The molecule has 0 aliphatic heterocycles. The molecule has 100 valence electrons. The topological polar surface area (TPSA) is 38.3 Å². The van der Waals surface area contributed by atoms with Crippen LogP contribution in [-0.4, -0.2) is 12.6 Å². The number of carbonyl (C=O) groups excluding carboxylic acids is 1. The van der Waals surface area contributed by atoms with Gasteiger partial charge in [-0.1, -0.05) is 45.4 Å². The quantitative estimate of drug-likeness (QED) is 0.801. The van der Waals surface area contributed by atoms with Crippen LogP contribution in [0.4, 0.5) is 4.79 Å². The molecule has 0 unspecified atom stereocenters. The summed E-state index contributed by atoms with van der Waals surface area (Å²) in [4.78, 5) is 11.4. The second kappa shape index (κ2) is 7.04. The highest BCUT2D eigenvalue weighted by Crippen LogP contribution is 2.21. The van der Waals surface area contributed by atoms with E-state index < -0.39 is 0 Å². The van der Waals surface area contributed by atoms with Crippen molar-refractivity contribution in [1.82, 2.24) is 5.32 Å². The second-order valence-electron chi connectivity index (χ2n) is 5.65. The molecule has 0 bridgehead atoms. The molecule has 1 N–H and O–H groups in total. The van der Waals surface area contributed by atoms with Crippen molar-refractivity contribution in [2.75, 3.05) is 6.54 Å². The first-order valence-electron chi connectivity index (χ1n) is 6.48. The molecule has 1 aromatic carbocycles. The minimum absolute atomic E-state index is 0.366. The van der Waals surface area contributed by atoms with Gasteiger partial charge < -0.3 is 10.1 Å². The predicted molar refractivity (Wildman–Crippen MR) is 73.8 cm³/mol. The van der Waals surface area contributed by atoms with Crippen molar-refractivity contribution >= 4 is 6.09 Å². The lowest BCUT2D eigenvalue weighted by atomic mass is 9.90. The van der Waals surface area contributed by atoms with Crippen molar-refractivity contribution in [2.45, 2.75) is 40.0 Å². The zero-order valence-corrected chi connectivity index (χ0v) is 11.5. The number of para-hydroxylation sites is 1. The lowest BCUT2D eigenvalue weighted by Crippen LogP contribution is -2.27. The van der Waals surface area contributed by atoms with Crippen molar-refractivity contribution in [3.63, 3.8) is 0 Å². The van der Waals surface area contributed by atoms with Crippen LogP contribution in [0.25, 0.3) is 0 Å². The lowest BCUT2D eigenvalue weighted by molar-refractivity contribution is 0.200. The number of ether oxygens (including phenoxy) is 1. The largest absolute Gasteiger partial charge is 0.412 e. The average molecular weight is 249 g/mol. The normalized spacial score (nSPS) is 11.1. The maximum Gasteiger partial charge on any atom is 0.412 e. The molecule has 0 spiro atoms. The summed E-state index contributed by atoms with van der Waals surface area (Å²) in [7, 11) is 0. The number of benzene rings is 1. The zero-order valence-electron chi connectivity index (χ0n) is 11.5. The molecule has 1 rings (SSSR count). The van der Waals surface area contributed by atoms with E-state index in [1.165, 1.54) is 6.42 Å². The molecule has 0 radical (unpaired) electrons. The SMILES string of the molecule is CC(C)(C)CCCCNC(=O)Oc1ccccc1. The number of hydrogen-bond acceptors (Lipinski definition) is 2. The highest BCUT2D eigenvalue weighted by atomic mass is 16.5. The molecular formula is C15H23NO2. The van der Waals surface area contributed by atoms with Gasteiger partial charge in [0.25, 0.3) is 0 Å². The zero-order chi connectivity index (χ0) is 13.4. The fourth-order valence-corrected chi connectivity index (χ4v) is 1.60. The van der Waals surface area contributed by atoms with Gasteiger partial charge in [0.1, 0.15) is 5.75 Å². The molecule has 0 heterocycles. The van der Waals surface area contributed by atoms with E-state index in [0.29, 0.717) is 17.7 Å². The van der Waals surface area contributed by atoms with E-state index in [-0.39, 0.29) is 6.09 Å². The van der Waals surface area contributed by atoms with Crippen LogP contribution in [0.1, 0.15) is 40.0 Å². The summed E-state index contributed by atoms with van der Waals surface area (Å²) in [6.45, 7) is 7.35. The van der Waals surface area contributed by atoms with E-state index in [4.69, 9.17) is 4.74 Å². The molecule has 18 heavy (non-hydrogen) atoms. The van der Waals surface area contributed by atoms with Crippen molar-refractivity contribution in [1.29, 1.82) is 0 Å². The van der Waals surface area contributed by atoms with Crippen LogP contribution >= 0.6 is 0 Å². The van der Waals surface area contributed by atoms with Gasteiger partial charge in [0.2, 0.25) is 0 Å². The highest BCUT2D eigenvalue weighted by molar-refractivity contribution is 5.70. The molecule has 1 amide bonds. The summed E-state index contributed by atoms with van der Waals surface area (Å²) in [5.41, 5.74) is 0.366. The number of rotatable bonds is 5. The number of unbranched alkanes of at least 4 members (excludes halogenated alkanes) is 1. The van der Waals surface area contributed by atoms with Gasteiger partial charge in [-0.2, -0.15) is 0 Å². The van der Waals surface area contributed by atoms with Crippen LogP contribution in [0.3, 0.4) is 0 Å². The first-order valence-corrected chi connectivity index (χ1v) is 6.48. The molecular weight excluding hydrogens is 226 g/mol. The molecule has 3 nitrogen and oxygen atoms in total. The van der Waals surface area contributed by atoms with E-state index in [0.717, 1.165) is 12.8 Å². The van der Waals surface area contributed by atoms with Gasteiger partial charge in [-0.05, 0) is 30.4 Å². The second-order valence-corrected chi connectivity index (χ2v) is 5.65. The molecule has 1 aromatic rings. The van der Waals surface area contributed by atoms with E-state index in [9.17, 15) is 4.79 Å². The molecule has 0 aliphatic carbocycles. The van der Waals surface area contributed by atoms with Gasteiger partial charge in [0, 0.05) is 6.54 Å². The number of amides is 1. The van der Waals surface area contributed by atoms with Crippen LogP contribution in [0.15, 0.2) is 30.3 Å². The standard InChI is InChI=1S/C15H23NO2/c1-15(2,3)11-7-8-12-16-14(17)18-13-9-5-4-6-10-13/h4-6,9-10H,7-8,11-12H2,1-3H3,(H,16,17). The van der Waals surface area contributed by atoms with Crippen LogP contribution < -0.4 is 10.1 Å². The Morgan fingerprint density at radius 1 is 1.17 bits per heavy atom. The van der Waals surface area contributed by atoms with Crippen molar-refractivity contribution < 1.29 is 9.53 Å². The molecule has 0 atom stereocenters. The Hall–Kier alpha value is -1.51. The van der Waals surface area contributed by atoms with Crippen LogP contribution in [0.2, 0.25) is 0 Å². The summed E-state index contributed by atoms with van der Waals surface area (Å²) in [6, 6.07) is 9.09. The summed E-state index contributed by atoms with van der Waals surface area (Å²) in [5, 5.41) is 2.76. The molecule has 0 aromatic heterocycles. The lowest BCUT2D eigenvalue weighted by Gasteiger charge is -2.17. The Labute approximate surface area is 110 Å². The van der Waals surface area contributed by atoms with E-state index in [1.54, 1.807) is 12.1 Å². The first kappa shape index (κ1) is 14.6. The smallest absolute Gasteiger partial charge is 0.410 e. The van der Waals surface area contributed by atoms with Gasteiger partial charge in [0.15, 0.2) is 0 Å². The molecule has 0 saturated carbocycles. The Kier molecular flexibility index (Phi) is 5.69. The van der Waals surface area contributed by atoms with Gasteiger partial charge in [0.05, 0.1) is 0 Å². The van der Waals surface area contributed by atoms with Gasteiger partial charge in [-0.25, -0.2) is 4.79 Å². The highest BCUT2D eigenvalue weighted by Gasteiger charge is 2.09. The molecule has 0 saturated heterocycles. The monoisotopic (exact) mass is 249 g/mol. The maximum atomic E-state index is 11.4.